The Morgan fingerprint density at radius 3 is 0.792 bits per heavy atom. The Labute approximate surface area is 133 Å². The monoisotopic (exact) mass is 340 g/mol. The molecule has 0 bridgehead atoms. The predicted molar refractivity (Wildman–Crippen MR) is 68.5 cm³/mol. The molecule has 3 rings (SSSR count). The molecule has 4 N–H and O–H groups in total. The van der Waals surface area contributed by atoms with Crippen molar-refractivity contribution < 1.29 is 49.2 Å². The van der Waals surface area contributed by atoms with Gasteiger partial charge in [-0.3, -0.25) is 28.8 Å². The van der Waals surface area contributed by atoms with Crippen LogP contribution in [0.15, 0.2) is 0 Å². The van der Waals surface area contributed by atoms with Crippen LogP contribution in [0.4, 0.5) is 0 Å². The van der Waals surface area contributed by atoms with Crippen molar-refractivity contribution in [3.05, 3.63) is 0 Å². The van der Waals surface area contributed by atoms with Crippen LogP contribution in [0.5, 0.6) is 0 Å². The van der Waals surface area contributed by atoms with Gasteiger partial charge in [-0.15, -0.1) is 0 Å². The summed E-state index contributed by atoms with van der Waals surface area (Å²) in [6, 6.07) is 0. The smallest absolute Gasteiger partial charge is 0.308 e. The van der Waals surface area contributed by atoms with E-state index in [0.717, 1.165) is 0 Å². The van der Waals surface area contributed by atoms with Crippen LogP contribution in [0.1, 0.15) is 0 Å². The summed E-state index contributed by atoms with van der Waals surface area (Å²) < 4.78 is 0. The van der Waals surface area contributed by atoms with E-state index in [1.54, 1.807) is 0 Å². The van der Waals surface area contributed by atoms with Gasteiger partial charge in [0.25, 0.3) is 0 Å². The maximum Gasteiger partial charge on any atom is 0.308 e. The standard InChI is InChI=1S/C14H12O10/c15-9-1-2(6(12(19)20)5(1)11(17)18)10(16)4-3(9)7(13(21)22)8(4)14(23)24/h1-8H,(H,17,18)(H,19,20)(H,21,22)(H,23,24). The highest BCUT2D eigenvalue weighted by molar-refractivity contribution is 6.11. The third-order valence-corrected chi connectivity index (χ3v) is 5.55. The van der Waals surface area contributed by atoms with E-state index in [0.29, 0.717) is 0 Å². The number of rotatable bonds is 4. The molecule has 10 heteroatoms. The second-order valence-corrected chi connectivity index (χ2v) is 6.36. The van der Waals surface area contributed by atoms with Crippen LogP contribution in [-0.2, 0) is 28.8 Å². The average Bonchev–Trinajstić information content (AvgIpc) is 2.32. The Bertz CT molecular complexity index is 592. The molecule has 3 fully saturated rings. The minimum absolute atomic E-state index is 0.834. The molecule has 24 heavy (non-hydrogen) atoms. The maximum atomic E-state index is 12.5. The van der Waals surface area contributed by atoms with Crippen LogP contribution in [0.2, 0.25) is 0 Å². The molecule has 0 aromatic heterocycles. The van der Waals surface area contributed by atoms with Crippen LogP contribution in [0, 0.1) is 47.3 Å². The van der Waals surface area contributed by atoms with E-state index in [1.807, 2.05) is 0 Å². The molecule has 10 nitrogen and oxygen atoms in total. The molecule has 0 aromatic carbocycles. The first-order chi connectivity index (χ1) is 11.1. The first kappa shape index (κ1) is 16.1. The molecule has 0 heterocycles. The number of carboxylic acids is 4. The van der Waals surface area contributed by atoms with Crippen molar-refractivity contribution >= 4 is 35.4 Å². The second kappa shape index (κ2) is 4.86. The van der Waals surface area contributed by atoms with Crippen molar-refractivity contribution in [1.29, 1.82) is 0 Å². The highest BCUT2D eigenvalue weighted by Crippen LogP contribution is 2.61. The number of aliphatic carboxylic acids is 4. The Balaban J connectivity index is 2.02. The topological polar surface area (TPSA) is 183 Å². The first-order valence-electron chi connectivity index (χ1n) is 7.10. The second-order valence-electron chi connectivity index (χ2n) is 6.36. The van der Waals surface area contributed by atoms with Gasteiger partial charge in [0.2, 0.25) is 0 Å². The van der Waals surface area contributed by atoms with E-state index in [4.69, 9.17) is 20.4 Å². The van der Waals surface area contributed by atoms with Crippen molar-refractivity contribution in [3.63, 3.8) is 0 Å². The number of carboxylic acid groups (broad SMARTS) is 4. The Morgan fingerprint density at radius 2 is 0.667 bits per heavy atom. The highest BCUT2D eigenvalue weighted by Gasteiger charge is 2.75. The van der Waals surface area contributed by atoms with Crippen LogP contribution in [-0.4, -0.2) is 55.9 Å². The third kappa shape index (κ3) is 1.70. The summed E-state index contributed by atoms with van der Waals surface area (Å²) in [5, 5.41) is 36.6. The number of hydrogen-bond donors (Lipinski definition) is 4. The molecule has 0 spiro atoms. The van der Waals surface area contributed by atoms with E-state index in [9.17, 15) is 28.8 Å². The van der Waals surface area contributed by atoms with Crippen molar-refractivity contribution in [1.82, 2.24) is 0 Å². The van der Waals surface area contributed by atoms with E-state index in [-0.39, 0.29) is 0 Å². The minimum Gasteiger partial charge on any atom is -0.481 e. The maximum absolute atomic E-state index is 12.5. The lowest BCUT2D eigenvalue weighted by molar-refractivity contribution is -0.206. The summed E-state index contributed by atoms with van der Waals surface area (Å²) in [5.41, 5.74) is 0. The molecule has 3 aliphatic carbocycles. The van der Waals surface area contributed by atoms with Gasteiger partial charge in [-0.2, -0.15) is 0 Å². The van der Waals surface area contributed by atoms with Gasteiger partial charge < -0.3 is 20.4 Å². The van der Waals surface area contributed by atoms with E-state index < -0.39 is 82.8 Å². The average molecular weight is 340 g/mol. The molecule has 3 saturated carbocycles. The molecule has 0 amide bonds. The van der Waals surface area contributed by atoms with Gasteiger partial charge in [0.15, 0.2) is 0 Å². The van der Waals surface area contributed by atoms with Gasteiger partial charge in [0.1, 0.15) is 11.6 Å². The van der Waals surface area contributed by atoms with E-state index >= 15 is 0 Å². The van der Waals surface area contributed by atoms with Crippen LogP contribution in [0.25, 0.3) is 0 Å². The summed E-state index contributed by atoms with van der Waals surface area (Å²) >= 11 is 0. The molecule has 0 aromatic rings. The molecule has 128 valence electrons. The molecule has 3 aliphatic rings. The number of fused-ring (bicyclic) bond motifs is 2. The summed E-state index contributed by atoms with van der Waals surface area (Å²) in [5.74, 6) is -19.9. The zero-order valence-corrected chi connectivity index (χ0v) is 11.9. The van der Waals surface area contributed by atoms with Crippen molar-refractivity contribution in [3.8, 4) is 0 Å². The van der Waals surface area contributed by atoms with Gasteiger partial charge in [0, 0.05) is 23.7 Å². The van der Waals surface area contributed by atoms with Crippen molar-refractivity contribution in [2.75, 3.05) is 0 Å². The van der Waals surface area contributed by atoms with Gasteiger partial charge in [-0.25, -0.2) is 0 Å². The number of ketones is 2. The van der Waals surface area contributed by atoms with E-state index in [2.05, 4.69) is 0 Å². The van der Waals surface area contributed by atoms with Crippen molar-refractivity contribution in [2.45, 2.75) is 0 Å². The number of hydrogen-bond acceptors (Lipinski definition) is 6. The Morgan fingerprint density at radius 1 is 0.500 bits per heavy atom. The summed E-state index contributed by atoms with van der Waals surface area (Å²) in [7, 11) is 0. The fourth-order valence-corrected chi connectivity index (χ4v) is 4.59. The zero-order valence-electron chi connectivity index (χ0n) is 11.9. The lowest BCUT2D eigenvalue weighted by atomic mass is 9.39. The fraction of sp³-hybridized carbons (Fsp3) is 0.571. The molecule has 8 atom stereocenters. The number of carbonyl (C=O) groups excluding carboxylic acids is 2. The summed E-state index contributed by atoms with van der Waals surface area (Å²) in [6.45, 7) is 0. The van der Waals surface area contributed by atoms with Gasteiger partial charge in [-0.1, -0.05) is 0 Å². The SMILES string of the molecule is O=C(O)C1C(C(=O)O)C2C(=O)C3C(C(=O)O)C(C(=O)O)C3C(=O)C12. The van der Waals surface area contributed by atoms with Crippen LogP contribution < -0.4 is 0 Å². The summed E-state index contributed by atoms with van der Waals surface area (Å²) in [4.78, 5) is 70.0. The van der Waals surface area contributed by atoms with Crippen LogP contribution >= 0.6 is 0 Å². The molecule has 8 unspecified atom stereocenters. The molecular formula is C14H12O10. The van der Waals surface area contributed by atoms with E-state index in [1.165, 1.54) is 0 Å². The fourth-order valence-electron chi connectivity index (χ4n) is 4.59. The van der Waals surface area contributed by atoms with Gasteiger partial charge >= 0.3 is 23.9 Å². The number of Topliss-reactive ketones (excluding diaryl/α,β-unsaturated/α-hetero) is 2. The zero-order chi connectivity index (χ0) is 18.1. The highest BCUT2D eigenvalue weighted by atomic mass is 16.4. The molecule has 0 saturated heterocycles. The minimum atomic E-state index is -1.61. The molecule has 0 radical (unpaired) electrons. The lowest BCUT2D eigenvalue weighted by Crippen LogP contribution is -2.73. The Hall–Kier alpha value is -2.78. The van der Waals surface area contributed by atoms with Crippen molar-refractivity contribution in [2.24, 2.45) is 47.3 Å². The summed E-state index contributed by atoms with van der Waals surface area (Å²) in [6.07, 6.45) is 0. The number of carbonyl (C=O) groups is 6. The molecular weight excluding hydrogens is 328 g/mol. The molecule has 0 aliphatic heterocycles. The first-order valence-corrected chi connectivity index (χ1v) is 7.10. The van der Waals surface area contributed by atoms with Crippen LogP contribution in [0.3, 0.4) is 0 Å². The largest absolute Gasteiger partial charge is 0.481 e. The normalized spacial score (nSPS) is 42.8. The van der Waals surface area contributed by atoms with Gasteiger partial charge in [0.05, 0.1) is 23.7 Å². The third-order valence-electron chi connectivity index (χ3n) is 5.55. The van der Waals surface area contributed by atoms with Gasteiger partial charge in [-0.05, 0) is 0 Å². The lowest BCUT2D eigenvalue weighted by Gasteiger charge is -2.58. The quantitative estimate of drug-likeness (QED) is 0.466. The predicted octanol–water partition coefficient (Wildman–Crippen LogP) is -1.57. The Kier molecular flexibility index (Phi) is 3.26.